The number of carbonyl (C=O) groups excluding carboxylic acids is 1. The average molecular weight is 433 g/mol. The summed E-state index contributed by atoms with van der Waals surface area (Å²) in [5.41, 5.74) is 0.830. The van der Waals surface area contributed by atoms with Crippen molar-refractivity contribution in [1.29, 1.82) is 0 Å². The van der Waals surface area contributed by atoms with Crippen LogP contribution >= 0.6 is 0 Å². The first-order chi connectivity index (χ1) is 14.9. The van der Waals surface area contributed by atoms with Crippen molar-refractivity contribution >= 4 is 5.78 Å². The summed E-state index contributed by atoms with van der Waals surface area (Å²) in [5, 5.41) is 0. The zero-order chi connectivity index (χ0) is 22.8. The Morgan fingerprint density at radius 3 is 2.06 bits per heavy atom. The zero-order valence-corrected chi connectivity index (χ0v) is 19.2. The third-order valence-corrected chi connectivity index (χ3v) is 6.64. The van der Waals surface area contributed by atoms with E-state index >= 15 is 0 Å². The Balaban J connectivity index is 2.07. The fourth-order valence-electron chi connectivity index (χ4n) is 5.20. The number of methoxy groups -OCH3 is 6. The molecule has 1 aromatic rings. The average Bonchev–Trinajstić information content (AvgIpc) is 2.80. The highest BCUT2D eigenvalue weighted by Gasteiger charge is 2.66. The lowest BCUT2D eigenvalue weighted by Crippen LogP contribution is -2.69. The summed E-state index contributed by atoms with van der Waals surface area (Å²) in [7, 11) is 9.30. The topological polar surface area (TPSA) is 72.5 Å². The lowest BCUT2D eigenvalue weighted by Gasteiger charge is -2.55. The fraction of sp³-hybridized carbons (Fsp3) is 0.542. The van der Waals surface area contributed by atoms with E-state index in [-0.39, 0.29) is 17.6 Å². The second kappa shape index (κ2) is 9.02. The van der Waals surface area contributed by atoms with Gasteiger partial charge in [-0.2, -0.15) is 0 Å². The minimum absolute atomic E-state index is 0.121. The number of ether oxygens (including phenoxy) is 6. The van der Waals surface area contributed by atoms with Crippen LogP contribution in [-0.4, -0.2) is 59.8 Å². The lowest BCUT2D eigenvalue weighted by atomic mass is 9.57. The van der Waals surface area contributed by atoms with E-state index in [1.165, 1.54) is 14.2 Å². The number of rotatable bonds is 10. The summed E-state index contributed by atoms with van der Waals surface area (Å²) in [6.07, 6.45) is 5.65. The molecule has 0 spiro atoms. The van der Waals surface area contributed by atoms with Crippen LogP contribution in [0, 0.1) is 11.8 Å². The maximum Gasteiger partial charge on any atom is 0.238 e. The molecule has 3 aliphatic carbocycles. The number of allylic oxidation sites excluding steroid dienone is 1. The number of Topliss-reactive ketones (excluding diaryl/α,β-unsaturated/α-hetero) is 1. The molecule has 0 radical (unpaired) electrons. The maximum absolute atomic E-state index is 13.7. The molecule has 1 saturated carbocycles. The molecule has 2 bridgehead atoms. The minimum Gasteiger partial charge on any atom is -0.493 e. The highest BCUT2D eigenvalue weighted by Crippen LogP contribution is 2.55. The Morgan fingerprint density at radius 1 is 1.00 bits per heavy atom. The molecule has 0 N–H and O–H groups in total. The van der Waals surface area contributed by atoms with Crippen LogP contribution in [0.5, 0.6) is 17.2 Å². The lowest BCUT2D eigenvalue weighted by molar-refractivity contribution is -0.259. The molecule has 7 heteroatoms. The smallest absolute Gasteiger partial charge is 0.238 e. The van der Waals surface area contributed by atoms with Gasteiger partial charge in [-0.05, 0) is 43.0 Å². The fourth-order valence-corrected chi connectivity index (χ4v) is 5.20. The molecule has 31 heavy (non-hydrogen) atoms. The van der Waals surface area contributed by atoms with Gasteiger partial charge in [0, 0.05) is 33.2 Å². The number of fused-ring (bicyclic) bond motifs is 2. The summed E-state index contributed by atoms with van der Waals surface area (Å²) in [4.78, 5) is 13.7. The van der Waals surface area contributed by atoms with Crippen LogP contribution < -0.4 is 14.2 Å². The van der Waals surface area contributed by atoms with Crippen molar-refractivity contribution in [1.82, 2.24) is 0 Å². The number of benzene rings is 1. The van der Waals surface area contributed by atoms with Gasteiger partial charge in [-0.15, -0.1) is 6.58 Å². The zero-order valence-electron chi connectivity index (χ0n) is 19.2. The third-order valence-electron chi connectivity index (χ3n) is 6.64. The highest BCUT2D eigenvalue weighted by atomic mass is 16.7. The molecule has 7 nitrogen and oxygen atoms in total. The Morgan fingerprint density at radius 2 is 1.61 bits per heavy atom. The van der Waals surface area contributed by atoms with Gasteiger partial charge in [-0.1, -0.05) is 11.6 Å². The number of hydrogen-bond acceptors (Lipinski definition) is 7. The minimum atomic E-state index is -1.37. The quantitative estimate of drug-likeness (QED) is 0.415. The van der Waals surface area contributed by atoms with Gasteiger partial charge in [-0.3, -0.25) is 4.79 Å². The first-order valence-corrected chi connectivity index (χ1v) is 10.2. The molecule has 3 atom stereocenters. The van der Waals surface area contributed by atoms with Crippen LogP contribution in [0.3, 0.4) is 0 Å². The van der Waals surface area contributed by atoms with E-state index < -0.39 is 11.4 Å². The van der Waals surface area contributed by atoms with E-state index in [1.54, 1.807) is 28.4 Å². The van der Waals surface area contributed by atoms with Crippen molar-refractivity contribution in [2.24, 2.45) is 11.8 Å². The van der Waals surface area contributed by atoms with Crippen molar-refractivity contribution < 1.29 is 33.2 Å². The van der Waals surface area contributed by atoms with Crippen LogP contribution in [0.15, 0.2) is 36.4 Å². The Kier molecular flexibility index (Phi) is 6.79. The van der Waals surface area contributed by atoms with Crippen molar-refractivity contribution in [3.05, 3.63) is 42.0 Å². The van der Waals surface area contributed by atoms with Crippen molar-refractivity contribution in [3.63, 3.8) is 0 Å². The molecule has 0 unspecified atom stereocenters. The van der Waals surface area contributed by atoms with Gasteiger partial charge in [0.2, 0.25) is 17.3 Å². The largest absolute Gasteiger partial charge is 0.493 e. The standard InChI is InChI=1S/C24H32O7/c1-8-9-16-14-23(29-5)17(13-18(16)24(30-6,31-7)22(23)25)10-15-11-19(26-2)21(28-4)20(12-15)27-3/h8,11-12,14,17-18H,1,9-10,13H2,2-7H3/t17-,18-,23+/m0/s1. The van der Waals surface area contributed by atoms with Crippen LogP contribution in [0.4, 0.5) is 0 Å². The van der Waals surface area contributed by atoms with E-state index in [1.807, 2.05) is 24.3 Å². The molecular weight excluding hydrogens is 400 g/mol. The molecule has 170 valence electrons. The molecule has 0 heterocycles. The molecule has 0 aromatic heterocycles. The van der Waals surface area contributed by atoms with E-state index in [2.05, 4.69) is 6.58 Å². The Labute approximate surface area is 183 Å². The van der Waals surface area contributed by atoms with Crippen molar-refractivity contribution in [2.75, 3.05) is 42.7 Å². The molecule has 1 fully saturated rings. The maximum atomic E-state index is 13.7. The second-order valence-corrected chi connectivity index (χ2v) is 7.84. The van der Waals surface area contributed by atoms with E-state index in [0.29, 0.717) is 36.5 Å². The van der Waals surface area contributed by atoms with Gasteiger partial charge in [0.25, 0.3) is 0 Å². The van der Waals surface area contributed by atoms with Crippen LogP contribution in [0.1, 0.15) is 18.4 Å². The summed E-state index contributed by atoms with van der Waals surface area (Å²) >= 11 is 0. The normalized spacial score (nSPS) is 26.4. The van der Waals surface area contributed by atoms with Crippen molar-refractivity contribution in [2.45, 2.75) is 30.7 Å². The summed E-state index contributed by atoms with van der Waals surface area (Å²) in [5.74, 6) is -0.254. The predicted molar refractivity (Wildman–Crippen MR) is 116 cm³/mol. The number of hydrogen-bond donors (Lipinski definition) is 0. The molecule has 0 saturated heterocycles. The molecule has 3 aliphatic rings. The van der Waals surface area contributed by atoms with Crippen LogP contribution in [0.2, 0.25) is 0 Å². The van der Waals surface area contributed by atoms with Gasteiger partial charge in [0.05, 0.1) is 21.3 Å². The predicted octanol–water partition coefficient (Wildman–Crippen LogP) is 3.35. The first-order valence-electron chi connectivity index (χ1n) is 10.2. The molecule has 1 aromatic carbocycles. The molecule has 0 amide bonds. The summed E-state index contributed by atoms with van der Waals surface area (Å²) in [6.45, 7) is 3.86. The number of ketones is 1. The first kappa shape index (κ1) is 23.3. The van der Waals surface area contributed by atoms with Gasteiger partial charge >= 0.3 is 0 Å². The SMILES string of the molecule is C=CCC1=C[C@]2(OC)C(=O)C(OC)(OC)[C@H]1C[C@@H]2Cc1cc(OC)c(OC)c(OC)c1. The van der Waals surface area contributed by atoms with Gasteiger partial charge in [0.15, 0.2) is 17.1 Å². The summed E-state index contributed by atoms with van der Waals surface area (Å²) in [6, 6.07) is 3.82. The van der Waals surface area contributed by atoms with Gasteiger partial charge in [0.1, 0.15) is 0 Å². The van der Waals surface area contributed by atoms with E-state index in [0.717, 1.165) is 11.1 Å². The van der Waals surface area contributed by atoms with Gasteiger partial charge < -0.3 is 28.4 Å². The van der Waals surface area contributed by atoms with Gasteiger partial charge in [-0.25, -0.2) is 0 Å². The number of carbonyl (C=O) groups is 1. The van der Waals surface area contributed by atoms with Crippen molar-refractivity contribution in [3.8, 4) is 17.2 Å². The summed E-state index contributed by atoms with van der Waals surface area (Å²) < 4.78 is 33.8. The molecular formula is C24H32O7. The Bertz CT molecular complexity index is 846. The second-order valence-electron chi connectivity index (χ2n) is 7.84. The molecule has 4 rings (SSSR count). The van der Waals surface area contributed by atoms with Crippen LogP contribution in [0.25, 0.3) is 0 Å². The third kappa shape index (κ3) is 3.45. The Hall–Kier alpha value is -2.35. The van der Waals surface area contributed by atoms with Crippen LogP contribution in [-0.2, 0) is 25.4 Å². The molecule has 0 aliphatic heterocycles. The monoisotopic (exact) mass is 432 g/mol. The highest BCUT2D eigenvalue weighted by molar-refractivity contribution is 5.99. The van der Waals surface area contributed by atoms with E-state index in [9.17, 15) is 4.79 Å². The van der Waals surface area contributed by atoms with E-state index in [4.69, 9.17) is 28.4 Å².